The van der Waals surface area contributed by atoms with E-state index in [0.717, 1.165) is 42.3 Å². The Hall–Kier alpha value is -2.14. The lowest BCUT2D eigenvalue weighted by Crippen LogP contribution is -2.54. The minimum absolute atomic E-state index is 0.0316. The van der Waals surface area contributed by atoms with Crippen molar-refractivity contribution < 1.29 is 14.6 Å². The molecule has 2 aliphatic carbocycles. The van der Waals surface area contributed by atoms with E-state index in [9.17, 15) is 9.90 Å². The van der Waals surface area contributed by atoms with Gasteiger partial charge in [-0.15, -0.1) is 0 Å². The standard InChI is InChI=1S/C21H26N2O3/c1-21(2,25)15-11-16(12-15)23-20(24)14-9-17(10-14)26-18-7-3-5-13-6-4-8-22-19(13)18/h3-8,14-17,25H,9-12H2,1-2H3,(H,23,24). The zero-order valence-electron chi connectivity index (χ0n) is 15.3. The fourth-order valence-corrected chi connectivity index (χ4v) is 3.86. The number of aromatic nitrogens is 1. The van der Waals surface area contributed by atoms with E-state index in [-0.39, 0.29) is 29.9 Å². The lowest BCUT2D eigenvalue weighted by atomic mass is 9.71. The van der Waals surface area contributed by atoms with E-state index in [1.807, 2.05) is 44.2 Å². The number of rotatable bonds is 5. The summed E-state index contributed by atoms with van der Waals surface area (Å²) in [5, 5.41) is 14.1. The Bertz CT molecular complexity index is 797. The fourth-order valence-electron chi connectivity index (χ4n) is 3.86. The molecule has 2 N–H and O–H groups in total. The maximum atomic E-state index is 12.4. The van der Waals surface area contributed by atoms with Gasteiger partial charge in [-0.1, -0.05) is 18.2 Å². The number of nitrogens with one attached hydrogen (secondary N) is 1. The molecule has 1 aromatic heterocycles. The summed E-state index contributed by atoms with van der Waals surface area (Å²) in [6, 6.07) is 10.1. The molecule has 0 atom stereocenters. The number of benzene rings is 1. The molecule has 0 saturated heterocycles. The number of pyridine rings is 1. The number of hydrogen-bond donors (Lipinski definition) is 2. The molecule has 0 bridgehead atoms. The number of hydrogen-bond acceptors (Lipinski definition) is 4. The van der Waals surface area contributed by atoms with Crippen molar-refractivity contribution in [2.75, 3.05) is 0 Å². The Morgan fingerprint density at radius 1 is 1.19 bits per heavy atom. The molecule has 0 radical (unpaired) electrons. The molecule has 26 heavy (non-hydrogen) atoms. The van der Waals surface area contributed by atoms with Crippen molar-refractivity contribution in [3.63, 3.8) is 0 Å². The summed E-state index contributed by atoms with van der Waals surface area (Å²) >= 11 is 0. The molecule has 2 fully saturated rings. The molecule has 1 aromatic carbocycles. The molecule has 2 aromatic rings. The lowest BCUT2D eigenvalue weighted by molar-refractivity contribution is -0.133. The number of para-hydroxylation sites is 1. The van der Waals surface area contributed by atoms with Gasteiger partial charge in [0.1, 0.15) is 17.4 Å². The number of amides is 1. The van der Waals surface area contributed by atoms with Crippen LogP contribution in [0.1, 0.15) is 39.5 Å². The van der Waals surface area contributed by atoms with Gasteiger partial charge in [-0.25, -0.2) is 0 Å². The van der Waals surface area contributed by atoms with Gasteiger partial charge in [-0.2, -0.15) is 0 Å². The predicted molar refractivity (Wildman–Crippen MR) is 99.8 cm³/mol. The highest BCUT2D eigenvalue weighted by molar-refractivity contribution is 5.84. The molecule has 1 amide bonds. The molecule has 2 saturated carbocycles. The summed E-state index contributed by atoms with van der Waals surface area (Å²) < 4.78 is 6.08. The third-order valence-electron chi connectivity index (χ3n) is 5.84. The second-order valence-corrected chi connectivity index (χ2v) is 8.27. The van der Waals surface area contributed by atoms with Crippen molar-refractivity contribution in [2.45, 2.75) is 57.3 Å². The molecule has 1 heterocycles. The van der Waals surface area contributed by atoms with Crippen LogP contribution in [0.3, 0.4) is 0 Å². The number of carbonyl (C=O) groups excluding carboxylic acids is 1. The van der Waals surface area contributed by atoms with Crippen LogP contribution in [0.5, 0.6) is 5.75 Å². The van der Waals surface area contributed by atoms with Crippen LogP contribution >= 0.6 is 0 Å². The van der Waals surface area contributed by atoms with Crippen LogP contribution in [-0.2, 0) is 4.79 Å². The van der Waals surface area contributed by atoms with Crippen molar-refractivity contribution in [3.05, 3.63) is 36.5 Å². The van der Waals surface area contributed by atoms with Crippen molar-refractivity contribution in [2.24, 2.45) is 11.8 Å². The van der Waals surface area contributed by atoms with Crippen LogP contribution in [-0.4, -0.2) is 33.7 Å². The Kier molecular flexibility index (Phi) is 4.35. The zero-order chi connectivity index (χ0) is 18.3. The van der Waals surface area contributed by atoms with Gasteiger partial charge in [0.2, 0.25) is 5.91 Å². The Labute approximate surface area is 153 Å². The lowest BCUT2D eigenvalue weighted by Gasteiger charge is -2.44. The average molecular weight is 354 g/mol. The van der Waals surface area contributed by atoms with Crippen LogP contribution in [0.2, 0.25) is 0 Å². The number of ether oxygens (including phenoxy) is 1. The first-order valence-corrected chi connectivity index (χ1v) is 9.43. The van der Waals surface area contributed by atoms with Crippen LogP contribution in [0, 0.1) is 11.8 Å². The molecule has 5 heteroatoms. The summed E-state index contributed by atoms with van der Waals surface area (Å²) in [5.74, 6) is 1.23. The average Bonchev–Trinajstić information content (AvgIpc) is 2.52. The van der Waals surface area contributed by atoms with E-state index < -0.39 is 5.60 Å². The first kappa shape index (κ1) is 17.3. The molecule has 138 valence electrons. The molecule has 5 nitrogen and oxygen atoms in total. The van der Waals surface area contributed by atoms with Crippen molar-refractivity contribution in [3.8, 4) is 5.75 Å². The van der Waals surface area contributed by atoms with Crippen LogP contribution in [0.15, 0.2) is 36.5 Å². The van der Waals surface area contributed by atoms with Crippen LogP contribution < -0.4 is 10.1 Å². The highest BCUT2D eigenvalue weighted by atomic mass is 16.5. The van der Waals surface area contributed by atoms with E-state index >= 15 is 0 Å². The Morgan fingerprint density at radius 2 is 1.92 bits per heavy atom. The van der Waals surface area contributed by atoms with Gasteiger partial charge in [0.15, 0.2) is 0 Å². The van der Waals surface area contributed by atoms with Gasteiger partial charge in [0, 0.05) is 23.5 Å². The molecule has 0 spiro atoms. The van der Waals surface area contributed by atoms with Gasteiger partial charge in [-0.3, -0.25) is 9.78 Å². The van der Waals surface area contributed by atoms with E-state index in [2.05, 4.69) is 10.3 Å². The first-order valence-electron chi connectivity index (χ1n) is 9.43. The largest absolute Gasteiger partial charge is 0.488 e. The number of nitrogens with zero attached hydrogens (tertiary/aromatic N) is 1. The zero-order valence-corrected chi connectivity index (χ0v) is 15.3. The van der Waals surface area contributed by atoms with E-state index in [1.165, 1.54) is 0 Å². The molecule has 2 aliphatic rings. The van der Waals surface area contributed by atoms with Gasteiger partial charge < -0.3 is 15.2 Å². The second-order valence-electron chi connectivity index (χ2n) is 8.27. The SMILES string of the molecule is CC(C)(O)C1CC(NC(=O)C2CC(Oc3cccc4cccnc34)C2)C1. The second kappa shape index (κ2) is 6.54. The Morgan fingerprint density at radius 3 is 2.65 bits per heavy atom. The van der Waals surface area contributed by atoms with E-state index in [0.29, 0.717) is 0 Å². The van der Waals surface area contributed by atoms with Crippen LogP contribution in [0.4, 0.5) is 0 Å². The third kappa shape index (κ3) is 3.40. The van der Waals surface area contributed by atoms with E-state index in [4.69, 9.17) is 4.74 Å². The minimum atomic E-state index is -0.650. The summed E-state index contributed by atoms with van der Waals surface area (Å²) in [6.07, 6.45) is 5.07. The number of carbonyl (C=O) groups is 1. The molecular formula is C21H26N2O3. The van der Waals surface area contributed by atoms with Crippen molar-refractivity contribution in [1.29, 1.82) is 0 Å². The van der Waals surface area contributed by atoms with Gasteiger partial charge in [0.05, 0.1) is 5.60 Å². The fraction of sp³-hybridized carbons (Fsp3) is 0.524. The molecule has 4 rings (SSSR count). The highest BCUT2D eigenvalue weighted by Gasteiger charge is 2.42. The Balaban J connectivity index is 1.26. The summed E-state index contributed by atoms with van der Waals surface area (Å²) in [6.45, 7) is 3.68. The van der Waals surface area contributed by atoms with Crippen LogP contribution in [0.25, 0.3) is 10.9 Å². The quantitative estimate of drug-likeness (QED) is 0.866. The molecule has 0 aliphatic heterocycles. The first-order chi connectivity index (χ1) is 12.4. The van der Waals surface area contributed by atoms with Gasteiger partial charge >= 0.3 is 0 Å². The smallest absolute Gasteiger partial charge is 0.223 e. The number of fused-ring (bicyclic) bond motifs is 1. The van der Waals surface area contributed by atoms with Gasteiger partial charge in [-0.05, 0) is 57.6 Å². The minimum Gasteiger partial charge on any atom is -0.488 e. The highest BCUT2D eigenvalue weighted by Crippen LogP contribution is 2.38. The summed E-state index contributed by atoms with van der Waals surface area (Å²) in [7, 11) is 0. The maximum absolute atomic E-state index is 12.4. The van der Waals surface area contributed by atoms with Crippen molar-refractivity contribution in [1.82, 2.24) is 10.3 Å². The molecule has 0 unspecified atom stereocenters. The monoisotopic (exact) mass is 354 g/mol. The molecular weight excluding hydrogens is 328 g/mol. The van der Waals surface area contributed by atoms with E-state index in [1.54, 1.807) is 6.20 Å². The van der Waals surface area contributed by atoms with Gasteiger partial charge in [0.25, 0.3) is 0 Å². The summed E-state index contributed by atoms with van der Waals surface area (Å²) in [4.78, 5) is 16.8. The normalized spacial score (nSPS) is 28.1. The predicted octanol–water partition coefficient (Wildman–Crippen LogP) is 3.06. The third-order valence-corrected chi connectivity index (χ3v) is 5.84. The topological polar surface area (TPSA) is 71.5 Å². The van der Waals surface area contributed by atoms with Crippen molar-refractivity contribution >= 4 is 16.8 Å². The number of aliphatic hydroxyl groups is 1. The summed E-state index contributed by atoms with van der Waals surface area (Å²) in [5.41, 5.74) is 0.221. The maximum Gasteiger partial charge on any atom is 0.223 e.